The fourth-order valence-electron chi connectivity index (χ4n) is 2.22. The van der Waals surface area contributed by atoms with Gasteiger partial charge >= 0.3 is 5.97 Å². The lowest BCUT2D eigenvalue weighted by atomic mass is 9.97. The smallest absolute Gasteiger partial charge is 0.329 e. The number of anilines is 1. The SMILES string of the molecule is COc1ccc(NC2(C(=O)O)CCCC2)cn1. The molecule has 0 atom stereocenters. The van der Waals surface area contributed by atoms with Gasteiger partial charge in [-0.1, -0.05) is 12.8 Å². The average molecular weight is 236 g/mol. The molecular formula is C12H16N2O3. The molecule has 2 rings (SSSR count). The van der Waals surface area contributed by atoms with Crippen LogP contribution < -0.4 is 10.1 Å². The molecule has 0 spiro atoms. The molecule has 0 aromatic carbocycles. The highest BCUT2D eigenvalue weighted by Crippen LogP contribution is 2.33. The number of aromatic nitrogens is 1. The summed E-state index contributed by atoms with van der Waals surface area (Å²) < 4.78 is 4.96. The fraction of sp³-hybridized carbons (Fsp3) is 0.500. The molecule has 5 nitrogen and oxygen atoms in total. The van der Waals surface area contributed by atoms with Crippen molar-refractivity contribution in [3.8, 4) is 5.88 Å². The monoisotopic (exact) mass is 236 g/mol. The van der Waals surface area contributed by atoms with Gasteiger partial charge in [0.25, 0.3) is 0 Å². The van der Waals surface area contributed by atoms with Crippen molar-refractivity contribution in [3.05, 3.63) is 18.3 Å². The number of carboxylic acid groups (broad SMARTS) is 1. The van der Waals surface area contributed by atoms with E-state index in [1.54, 1.807) is 25.4 Å². The van der Waals surface area contributed by atoms with E-state index in [4.69, 9.17) is 4.74 Å². The molecule has 1 aliphatic carbocycles. The Morgan fingerprint density at radius 3 is 2.65 bits per heavy atom. The lowest BCUT2D eigenvalue weighted by Gasteiger charge is -2.26. The standard InChI is InChI=1S/C12H16N2O3/c1-17-10-5-4-9(8-13-10)14-12(11(15)16)6-2-3-7-12/h4-5,8,14H,2-3,6-7H2,1H3,(H,15,16). The van der Waals surface area contributed by atoms with E-state index in [0.717, 1.165) is 18.5 Å². The molecule has 1 aliphatic rings. The van der Waals surface area contributed by atoms with Gasteiger partial charge in [0.1, 0.15) is 5.54 Å². The predicted octanol–water partition coefficient (Wildman–Crippen LogP) is 1.90. The predicted molar refractivity (Wildman–Crippen MR) is 63.2 cm³/mol. The second kappa shape index (κ2) is 4.61. The maximum absolute atomic E-state index is 11.3. The zero-order valence-electron chi connectivity index (χ0n) is 9.77. The van der Waals surface area contributed by atoms with Gasteiger partial charge in [0, 0.05) is 6.07 Å². The van der Waals surface area contributed by atoms with Gasteiger partial charge in [-0.05, 0) is 18.9 Å². The van der Waals surface area contributed by atoms with Crippen LogP contribution in [-0.2, 0) is 4.79 Å². The number of carboxylic acids is 1. The summed E-state index contributed by atoms with van der Waals surface area (Å²) in [7, 11) is 1.55. The van der Waals surface area contributed by atoms with E-state index in [-0.39, 0.29) is 0 Å². The molecule has 1 heterocycles. The Morgan fingerprint density at radius 1 is 1.47 bits per heavy atom. The van der Waals surface area contributed by atoms with Crippen molar-refractivity contribution in [2.45, 2.75) is 31.2 Å². The maximum atomic E-state index is 11.3. The minimum atomic E-state index is -0.823. The van der Waals surface area contributed by atoms with Gasteiger partial charge in [0.05, 0.1) is 19.0 Å². The number of rotatable bonds is 4. The first-order valence-electron chi connectivity index (χ1n) is 5.68. The zero-order valence-corrected chi connectivity index (χ0v) is 9.77. The highest BCUT2D eigenvalue weighted by Gasteiger charge is 2.41. The lowest BCUT2D eigenvalue weighted by molar-refractivity contribution is -0.142. The van der Waals surface area contributed by atoms with Crippen LogP contribution in [0.15, 0.2) is 18.3 Å². The first-order chi connectivity index (χ1) is 8.16. The number of carbonyl (C=O) groups is 1. The molecule has 0 unspecified atom stereocenters. The normalized spacial score (nSPS) is 17.7. The van der Waals surface area contributed by atoms with E-state index < -0.39 is 11.5 Å². The van der Waals surface area contributed by atoms with Crippen molar-refractivity contribution in [1.82, 2.24) is 4.98 Å². The number of hydrogen-bond donors (Lipinski definition) is 2. The van der Waals surface area contributed by atoms with Crippen LogP contribution in [0.5, 0.6) is 5.88 Å². The Morgan fingerprint density at radius 2 is 2.18 bits per heavy atom. The van der Waals surface area contributed by atoms with E-state index in [2.05, 4.69) is 10.3 Å². The summed E-state index contributed by atoms with van der Waals surface area (Å²) in [4.78, 5) is 15.4. The van der Waals surface area contributed by atoms with Crippen LogP contribution in [0.4, 0.5) is 5.69 Å². The van der Waals surface area contributed by atoms with Crippen LogP contribution in [0.1, 0.15) is 25.7 Å². The van der Waals surface area contributed by atoms with Gasteiger partial charge in [0.2, 0.25) is 5.88 Å². The average Bonchev–Trinajstić information content (AvgIpc) is 2.80. The molecule has 0 bridgehead atoms. The molecule has 1 fully saturated rings. The largest absolute Gasteiger partial charge is 0.481 e. The number of nitrogens with zero attached hydrogens (tertiary/aromatic N) is 1. The number of pyridine rings is 1. The topological polar surface area (TPSA) is 71.5 Å². The highest BCUT2D eigenvalue weighted by molar-refractivity contribution is 5.83. The molecule has 0 radical (unpaired) electrons. The van der Waals surface area contributed by atoms with E-state index in [9.17, 15) is 9.90 Å². The number of nitrogens with one attached hydrogen (secondary N) is 1. The summed E-state index contributed by atoms with van der Waals surface area (Å²) in [5, 5.41) is 12.4. The van der Waals surface area contributed by atoms with Crippen molar-refractivity contribution >= 4 is 11.7 Å². The molecule has 1 saturated carbocycles. The van der Waals surface area contributed by atoms with Gasteiger partial charge < -0.3 is 15.2 Å². The summed E-state index contributed by atoms with van der Waals surface area (Å²) >= 11 is 0. The fourth-order valence-corrected chi connectivity index (χ4v) is 2.22. The lowest BCUT2D eigenvalue weighted by Crippen LogP contribution is -2.43. The third-order valence-corrected chi connectivity index (χ3v) is 3.20. The molecule has 0 aliphatic heterocycles. The van der Waals surface area contributed by atoms with E-state index in [1.165, 1.54) is 0 Å². The Bertz CT molecular complexity index is 397. The molecular weight excluding hydrogens is 220 g/mol. The summed E-state index contributed by atoms with van der Waals surface area (Å²) in [6.07, 6.45) is 4.82. The number of ether oxygens (including phenoxy) is 1. The van der Waals surface area contributed by atoms with Crippen LogP contribution >= 0.6 is 0 Å². The van der Waals surface area contributed by atoms with Crippen molar-refractivity contribution < 1.29 is 14.6 Å². The molecule has 0 saturated heterocycles. The van der Waals surface area contributed by atoms with Crippen LogP contribution in [0.2, 0.25) is 0 Å². The Labute approximate surface area is 99.8 Å². The van der Waals surface area contributed by atoms with Crippen molar-refractivity contribution in [2.75, 3.05) is 12.4 Å². The molecule has 92 valence electrons. The van der Waals surface area contributed by atoms with Crippen molar-refractivity contribution in [3.63, 3.8) is 0 Å². The quantitative estimate of drug-likeness (QED) is 0.835. The van der Waals surface area contributed by atoms with Crippen LogP contribution in [0.3, 0.4) is 0 Å². The molecule has 1 aromatic rings. The zero-order chi connectivity index (χ0) is 12.3. The Kier molecular flexibility index (Phi) is 3.17. The highest BCUT2D eigenvalue weighted by atomic mass is 16.5. The molecule has 0 amide bonds. The minimum Gasteiger partial charge on any atom is -0.481 e. The van der Waals surface area contributed by atoms with E-state index in [0.29, 0.717) is 18.7 Å². The summed E-state index contributed by atoms with van der Waals surface area (Å²) in [5.41, 5.74) is -0.105. The van der Waals surface area contributed by atoms with Crippen molar-refractivity contribution in [2.24, 2.45) is 0 Å². The number of hydrogen-bond acceptors (Lipinski definition) is 4. The molecule has 5 heteroatoms. The molecule has 17 heavy (non-hydrogen) atoms. The van der Waals surface area contributed by atoms with Crippen molar-refractivity contribution in [1.29, 1.82) is 0 Å². The Balaban J connectivity index is 2.15. The van der Waals surface area contributed by atoms with Crippen LogP contribution in [0, 0.1) is 0 Å². The van der Waals surface area contributed by atoms with Crippen LogP contribution in [0.25, 0.3) is 0 Å². The van der Waals surface area contributed by atoms with E-state index in [1.807, 2.05) is 0 Å². The Hall–Kier alpha value is -1.78. The molecule has 1 aromatic heterocycles. The van der Waals surface area contributed by atoms with Gasteiger partial charge in [-0.25, -0.2) is 9.78 Å². The number of aliphatic carboxylic acids is 1. The van der Waals surface area contributed by atoms with Gasteiger partial charge in [-0.15, -0.1) is 0 Å². The minimum absolute atomic E-state index is 0.520. The van der Waals surface area contributed by atoms with E-state index >= 15 is 0 Å². The summed E-state index contributed by atoms with van der Waals surface area (Å²) in [5.74, 6) is -0.267. The maximum Gasteiger partial charge on any atom is 0.329 e. The first kappa shape index (κ1) is 11.7. The second-order valence-corrected chi connectivity index (χ2v) is 4.31. The van der Waals surface area contributed by atoms with Crippen LogP contribution in [-0.4, -0.2) is 28.7 Å². The van der Waals surface area contributed by atoms with Gasteiger partial charge in [-0.2, -0.15) is 0 Å². The summed E-state index contributed by atoms with van der Waals surface area (Å²) in [6.45, 7) is 0. The third kappa shape index (κ3) is 2.33. The number of methoxy groups -OCH3 is 1. The second-order valence-electron chi connectivity index (χ2n) is 4.31. The molecule has 2 N–H and O–H groups in total. The summed E-state index contributed by atoms with van der Waals surface area (Å²) in [6, 6.07) is 3.50. The third-order valence-electron chi connectivity index (χ3n) is 3.20. The van der Waals surface area contributed by atoms with Gasteiger partial charge in [0.15, 0.2) is 0 Å². The first-order valence-corrected chi connectivity index (χ1v) is 5.68. The van der Waals surface area contributed by atoms with Gasteiger partial charge in [-0.3, -0.25) is 0 Å².